The maximum atomic E-state index is 5.90. The van der Waals surface area contributed by atoms with Crippen LogP contribution in [0.4, 0.5) is 5.69 Å². The molecule has 0 amide bonds. The summed E-state index contributed by atoms with van der Waals surface area (Å²) in [7, 11) is 0. The van der Waals surface area contributed by atoms with E-state index in [9.17, 15) is 0 Å². The fourth-order valence-electron chi connectivity index (χ4n) is 1.85. The third-order valence-corrected chi connectivity index (χ3v) is 2.69. The number of rotatable bonds is 2. The van der Waals surface area contributed by atoms with E-state index in [0.29, 0.717) is 0 Å². The molecule has 0 saturated heterocycles. The van der Waals surface area contributed by atoms with Gasteiger partial charge in [-0.25, -0.2) is 0 Å². The van der Waals surface area contributed by atoms with E-state index in [2.05, 4.69) is 12.2 Å². The van der Waals surface area contributed by atoms with Crippen LogP contribution in [0, 0.1) is 6.92 Å². The lowest BCUT2D eigenvalue weighted by Crippen LogP contribution is -2.16. The zero-order valence-corrected chi connectivity index (χ0v) is 9.07. The summed E-state index contributed by atoms with van der Waals surface area (Å²) in [6, 6.07) is 5.78. The molecule has 0 heterocycles. The topological polar surface area (TPSA) is 35.2 Å². The molecule has 0 saturated carbocycles. The Morgan fingerprint density at radius 1 is 1.40 bits per heavy atom. The number of aryl methyl sites for hydroxylation is 1. The van der Waals surface area contributed by atoms with Crippen molar-refractivity contribution in [1.82, 2.24) is 0 Å². The van der Waals surface area contributed by atoms with Crippen molar-refractivity contribution in [2.24, 2.45) is 0 Å². The molecule has 2 N–H and O–H groups in total. The molecule has 1 aliphatic rings. The number of anilines is 1. The molecule has 0 fully saturated rings. The second kappa shape index (κ2) is 4.39. The number of benzene rings is 1. The fraction of sp³-hybridized carbons (Fsp3) is 0.385. The quantitative estimate of drug-likeness (QED) is 0.592. The van der Waals surface area contributed by atoms with Gasteiger partial charge in [0, 0.05) is 5.69 Å². The van der Waals surface area contributed by atoms with Crippen LogP contribution in [-0.4, -0.2) is 6.10 Å². The van der Waals surface area contributed by atoms with Gasteiger partial charge < -0.3 is 10.5 Å². The first kappa shape index (κ1) is 10.1. The van der Waals surface area contributed by atoms with E-state index in [1.54, 1.807) is 0 Å². The molecule has 2 rings (SSSR count). The molecular formula is C13H17NO. The predicted octanol–water partition coefficient (Wildman–Crippen LogP) is 3.06. The SMILES string of the molecule is Cc1cc(N)ccc1OC1C=CCCC1. The van der Waals surface area contributed by atoms with Gasteiger partial charge in [0.05, 0.1) is 0 Å². The summed E-state index contributed by atoms with van der Waals surface area (Å²) in [5, 5.41) is 0. The monoisotopic (exact) mass is 203 g/mol. The average Bonchev–Trinajstić information content (AvgIpc) is 2.24. The van der Waals surface area contributed by atoms with Gasteiger partial charge >= 0.3 is 0 Å². The third-order valence-electron chi connectivity index (χ3n) is 2.69. The lowest BCUT2D eigenvalue weighted by atomic mass is 10.1. The van der Waals surface area contributed by atoms with E-state index >= 15 is 0 Å². The average molecular weight is 203 g/mol. The first-order chi connectivity index (χ1) is 7.25. The Morgan fingerprint density at radius 3 is 2.93 bits per heavy atom. The molecule has 2 nitrogen and oxygen atoms in total. The first-order valence-corrected chi connectivity index (χ1v) is 5.45. The number of hydrogen-bond donors (Lipinski definition) is 1. The first-order valence-electron chi connectivity index (χ1n) is 5.45. The lowest BCUT2D eigenvalue weighted by molar-refractivity contribution is 0.228. The normalized spacial score (nSPS) is 20.2. The Bertz CT molecular complexity index is 371. The van der Waals surface area contributed by atoms with Crippen LogP contribution >= 0.6 is 0 Å². The van der Waals surface area contributed by atoms with Crippen LogP contribution in [0.15, 0.2) is 30.4 Å². The van der Waals surface area contributed by atoms with Gasteiger partial charge in [-0.05, 0) is 56.0 Å². The summed E-state index contributed by atoms with van der Waals surface area (Å²) in [6.45, 7) is 2.03. The van der Waals surface area contributed by atoms with Crippen LogP contribution in [0.5, 0.6) is 5.75 Å². The molecule has 1 aromatic rings. The molecule has 2 heteroatoms. The van der Waals surface area contributed by atoms with Crippen molar-refractivity contribution in [2.75, 3.05) is 5.73 Å². The Balaban J connectivity index is 2.09. The standard InChI is InChI=1S/C13H17NO/c1-10-9-11(14)7-8-13(10)15-12-5-3-2-4-6-12/h3,5,7-9,12H,2,4,6,14H2,1H3. The molecule has 1 atom stereocenters. The summed E-state index contributed by atoms with van der Waals surface area (Å²) in [4.78, 5) is 0. The molecule has 1 aromatic carbocycles. The molecule has 0 aliphatic heterocycles. The number of allylic oxidation sites excluding steroid dienone is 1. The van der Waals surface area contributed by atoms with Gasteiger partial charge in [-0.2, -0.15) is 0 Å². The van der Waals surface area contributed by atoms with Crippen LogP contribution in [0.2, 0.25) is 0 Å². The largest absolute Gasteiger partial charge is 0.486 e. The predicted molar refractivity (Wildman–Crippen MR) is 63.0 cm³/mol. The highest BCUT2D eigenvalue weighted by atomic mass is 16.5. The molecule has 1 aliphatic carbocycles. The second-order valence-corrected chi connectivity index (χ2v) is 4.04. The lowest BCUT2D eigenvalue weighted by Gasteiger charge is -2.19. The molecule has 0 bridgehead atoms. The maximum Gasteiger partial charge on any atom is 0.123 e. The highest BCUT2D eigenvalue weighted by molar-refractivity contribution is 5.47. The number of ether oxygens (including phenoxy) is 1. The summed E-state index contributed by atoms with van der Waals surface area (Å²) < 4.78 is 5.90. The highest BCUT2D eigenvalue weighted by Crippen LogP contribution is 2.24. The summed E-state index contributed by atoms with van der Waals surface area (Å²) >= 11 is 0. The van der Waals surface area contributed by atoms with Crippen molar-refractivity contribution in [1.29, 1.82) is 0 Å². The van der Waals surface area contributed by atoms with Crippen LogP contribution in [0.1, 0.15) is 24.8 Å². The smallest absolute Gasteiger partial charge is 0.123 e. The molecular weight excluding hydrogens is 186 g/mol. The Morgan fingerprint density at radius 2 is 2.27 bits per heavy atom. The van der Waals surface area contributed by atoms with Gasteiger partial charge in [0.2, 0.25) is 0 Å². The van der Waals surface area contributed by atoms with Gasteiger partial charge in [-0.3, -0.25) is 0 Å². The van der Waals surface area contributed by atoms with Gasteiger partial charge in [-0.15, -0.1) is 0 Å². The molecule has 1 unspecified atom stereocenters. The van der Waals surface area contributed by atoms with Gasteiger partial charge in [0.1, 0.15) is 11.9 Å². The Hall–Kier alpha value is -1.44. The maximum absolute atomic E-state index is 5.90. The van der Waals surface area contributed by atoms with Crippen LogP contribution in [0.25, 0.3) is 0 Å². The Labute approximate surface area is 90.7 Å². The van der Waals surface area contributed by atoms with Gasteiger partial charge in [0.15, 0.2) is 0 Å². The molecule has 0 radical (unpaired) electrons. The van der Waals surface area contributed by atoms with E-state index in [1.807, 2.05) is 25.1 Å². The highest BCUT2D eigenvalue weighted by Gasteiger charge is 2.10. The van der Waals surface area contributed by atoms with Crippen LogP contribution in [-0.2, 0) is 0 Å². The third kappa shape index (κ3) is 2.52. The van der Waals surface area contributed by atoms with E-state index in [-0.39, 0.29) is 6.10 Å². The van der Waals surface area contributed by atoms with Crippen molar-refractivity contribution < 1.29 is 4.74 Å². The zero-order chi connectivity index (χ0) is 10.7. The van der Waals surface area contributed by atoms with E-state index < -0.39 is 0 Å². The summed E-state index contributed by atoms with van der Waals surface area (Å²) in [6.07, 6.45) is 8.09. The fourth-order valence-corrected chi connectivity index (χ4v) is 1.85. The number of hydrogen-bond acceptors (Lipinski definition) is 2. The van der Waals surface area contributed by atoms with Crippen molar-refractivity contribution >= 4 is 5.69 Å². The van der Waals surface area contributed by atoms with E-state index in [1.165, 1.54) is 12.8 Å². The van der Waals surface area contributed by atoms with Crippen molar-refractivity contribution in [3.63, 3.8) is 0 Å². The minimum atomic E-state index is 0.237. The summed E-state index contributed by atoms with van der Waals surface area (Å²) in [5.74, 6) is 0.945. The van der Waals surface area contributed by atoms with E-state index in [0.717, 1.165) is 23.4 Å². The van der Waals surface area contributed by atoms with Crippen molar-refractivity contribution in [2.45, 2.75) is 32.3 Å². The molecule has 15 heavy (non-hydrogen) atoms. The molecule has 80 valence electrons. The van der Waals surface area contributed by atoms with Crippen LogP contribution < -0.4 is 10.5 Å². The summed E-state index contributed by atoms with van der Waals surface area (Å²) in [5.41, 5.74) is 7.59. The molecule has 0 aromatic heterocycles. The van der Waals surface area contributed by atoms with Crippen LogP contribution in [0.3, 0.4) is 0 Å². The van der Waals surface area contributed by atoms with E-state index in [4.69, 9.17) is 10.5 Å². The minimum Gasteiger partial charge on any atom is -0.486 e. The number of nitrogen functional groups attached to an aromatic ring is 1. The molecule has 0 spiro atoms. The van der Waals surface area contributed by atoms with Gasteiger partial charge in [0.25, 0.3) is 0 Å². The van der Waals surface area contributed by atoms with Gasteiger partial charge in [-0.1, -0.05) is 6.08 Å². The second-order valence-electron chi connectivity index (χ2n) is 4.04. The Kier molecular flexibility index (Phi) is 2.95. The zero-order valence-electron chi connectivity index (χ0n) is 9.07. The van der Waals surface area contributed by atoms with Crippen molar-refractivity contribution in [3.05, 3.63) is 35.9 Å². The van der Waals surface area contributed by atoms with Crippen molar-refractivity contribution in [3.8, 4) is 5.75 Å². The minimum absolute atomic E-state index is 0.237. The number of nitrogens with two attached hydrogens (primary N) is 1.